The molecule has 8 nitrogen and oxygen atoms in total. The van der Waals surface area contributed by atoms with Crippen LogP contribution in [0.4, 0.5) is 10.1 Å². The molecule has 9 heteroatoms. The molecule has 44 heavy (non-hydrogen) atoms. The lowest BCUT2D eigenvalue weighted by Crippen LogP contribution is -2.48. The lowest BCUT2D eigenvalue weighted by molar-refractivity contribution is -0.143. The Balaban J connectivity index is 1.48. The number of halogens is 1. The Bertz CT molecular complexity index is 1470. The highest BCUT2D eigenvalue weighted by atomic mass is 19.1. The fourth-order valence-corrected chi connectivity index (χ4v) is 7.07. The minimum atomic E-state index is -0.879. The molecule has 1 fully saturated rings. The van der Waals surface area contributed by atoms with Crippen molar-refractivity contribution in [2.75, 3.05) is 24.6 Å². The van der Waals surface area contributed by atoms with Crippen LogP contribution < -0.4 is 9.64 Å². The molecule has 2 aromatic carbocycles. The van der Waals surface area contributed by atoms with Gasteiger partial charge in [-0.3, -0.25) is 14.5 Å². The number of likely N-dealkylation sites (tertiary alicyclic amines) is 1. The predicted molar refractivity (Wildman–Crippen MR) is 167 cm³/mol. The summed E-state index contributed by atoms with van der Waals surface area (Å²) in [6.07, 6.45) is 6.86. The van der Waals surface area contributed by atoms with Crippen LogP contribution in [0.3, 0.4) is 0 Å². The van der Waals surface area contributed by atoms with E-state index < -0.39 is 17.9 Å². The van der Waals surface area contributed by atoms with Crippen LogP contribution in [0.5, 0.6) is 5.75 Å². The third-order valence-electron chi connectivity index (χ3n) is 9.13. The molecule has 0 radical (unpaired) electrons. The van der Waals surface area contributed by atoms with Gasteiger partial charge in [0.25, 0.3) is 0 Å². The minimum absolute atomic E-state index is 0.0403. The van der Waals surface area contributed by atoms with E-state index in [0.717, 1.165) is 49.0 Å². The van der Waals surface area contributed by atoms with Crippen molar-refractivity contribution in [3.63, 3.8) is 0 Å². The number of nitrogens with zero attached hydrogens (tertiary/aromatic N) is 3. The summed E-state index contributed by atoms with van der Waals surface area (Å²) in [4.78, 5) is 35.6. The number of carbonyl (C=O) groups is 2. The predicted octanol–water partition coefficient (Wildman–Crippen LogP) is 6.47. The van der Waals surface area contributed by atoms with Crippen molar-refractivity contribution in [2.45, 2.75) is 90.6 Å². The quantitative estimate of drug-likeness (QED) is 0.239. The smallest absolute Gasteiger partial charge is 0.308 e. The summed E-state index contributed by atoms with van der Waals surface area (Å²) >= 11 is 0. The molecule has 0 spiro atoms. The first-order chi connectivity index (χ1) is 21.2. The molecule has 1 amide bonds. The number of carbonyl (C=O) groups excluding carboxylic acids is 1. The van der Waals surface area contributed by atoms with Gasteiger partial charge in [-0.25, -0.2) is 9.37 Å². The summed E-state index contributed by atoms with van der Waals surface area (Å²) in [5.41, 5.74) is 3.21. The normalized spacial score (nSPS) is 19.7. The van der Waals surface area contributed by atoms with Gasteiger partial charge in [0.1, 0.15) is 17.3 Å². The van der Waals surface area contributed by atoms with Gasteiger partial charge in [-0.1, -0.05) is 38.8 Å². The van der Waals surface area contributed by atoms with E-state index in [-0.39, 0.29) is 30.2 Å². The van der Waals surface area contributed by atoms with Gasteiger partial charge in [0.05, 0.1) is 25.3 Å². The summed E-state index contributed by atoms with van der Waals surface area (Å²) < 4.78 is 25.7. The number of anilines is 1. The van der Waals surface area contributed by atoms with Crippen molar-refractivity contribution < 1.29 is 28.2 Å². The first kappa shape index (κ1) is 31.7. The van der Waals surface area contributed by atoms with Gasteiger partial charge in [-0.2, -0.15) is 0 Å². The van der Waals surface area contributed by atoms with E-state index in [9.17, 15) is 19.1 Å². The number of carboxylic acid groups (broad SMARTS) is 1. The largest absolute Gasteiger partial charge is 0.493 e. The molecule has 2 aliphatic heterocycles. The van der Waals surface area contributed by atoms with Crippen LogP contribution in [-0.2, 0) is 22.4 Å². The van der Waals surface area contributed by atoms with E-state index in [2.05, 4.69) is 24.9 Å². The maximum atomic E-state index is 14.4. The van der Waals surface area contributed by atoms with Gasteiger partial charge in [0.2, 0.25) is 5.91 Å². The van der Waals surface area contributed by atoms with Crippen LogP contribution in [0.15, 0.2) is 47.0 Å². The average molecular weight is 606 g/mol. The summed E-state index contributed by atoms with van der Waals surface area (Å²) in [5, 5.41) is 10.6. The van der Waals surface area contributed by atoms with Crippen molar-refractivity contribution >= 4 is 17.6 Å². The summed E-state index contributed by atoms with van der Waals surface area (Å²) in [7, 11) is 0. The fraction of sp³-hybridized carbons (Fsp3) is 0.514. The van der Waals surface area contributed by atoms with Crippen LogP contribution in [0, 0.1) is 25.6 Å². The van der Waals surface area contributed by atoms with Crippen LogP contribution in [0.2, 0.25) is 0 Å². The molecule has 3 aromatic rings. The van der Waals surface area contributed by atoms with Gasteiger partial charge in [-0.15, -0.1) is 0 Å². The molecular weight excluding hydrogens is 561 g/mol. The number of fused-ring (bicyclic) bond motifs is 1. The molecular formula is C35H44FN3O5. The number of hydrogen-bond donors (Lipinski definition) is 1. The van der Waals surface area contributed by atoms with Crippen LogP contribution in [0.25, 0.3) is 0 Å². The second-order valence-corrected chi connectivity index (χ2v) is 12.3. The molecule has 0 bridgehead atoms. The molecule has 1 aromatic heterocycles. The van der Waals surface area contributed by atoms with Crippen molar-refractivity contribution in [3.05, 3.63) is 76.8 Å². The van der Waals surface area contributed by atoms with Crippen LogP contribution in [-0.4, -0.2) is 58.6 Å². The number of aromatic nitrogens is 1. The van der Waals surface area contributed by atoms with E-state index in [1.165, 1.54) is 6.07 Å². The Morgan fingerprint density at radius 1 is 1.14 bits per heavy atom. The summed E-state index contributed by atoms with van der Waals surface area (Å²) in [6, 6.07) is 10.4. The van der Waals surface area contributed by atoms with E-state index >= 15 is 0 Å². The first-order valence-electron chi connectivity index (χ1n) is 15.9. The molecule has 0 aliphatic carbocycles. The molecule has 1 N–H and O–H groups in total. The number of carboxylic acids is 1. The zero-order chi connectivity index (χ0) is 31.4. The Hall–Kier alpha value is -3.72. The highest BCUT2D eigenvalue weighted by Gasteiger charge is 2.47. The van der Waals surface area contributed by atoms with Crippen molar-refractivity contribution in [3.8, 4) is 5.75 Å². The highest BCUT2D eigenvalue weighted by Crippen LogP contribution is 2.41. The number of oxazole rings is 1. The first-order valence-corrected chi connectivity index (χ1v) is 15.9. The number of ether oxygens (including phenoxy) is 1. The SMILES string of the molecule is CCCC(CCC)N(C(=O)CN1CC(c2ccc3c(c2)CCO3)C(C(=O)O)C1CCc1ncc(C)o1)c1ccc(F)c(C)c1. The van der Waals surface area contributed by atoms with E-state index in [1.54, 1.807) is 25.3 Å². The second kappa shape index (κ2) is 13.9. The summed E-state index contributed by atoms with van der Waals surface area (Å²) in [6.45, 7) is 8.86. The summed E-state index contributed by atoms with van der Waals surface area (Å²) in [5.74, 6) is -0.196. The van der Waals surface area contributed by atoms with Crippen LogP contribution >= 0.6 is 0 Å². The lowest BCUT2D eigenvalue weighted by atomic mass is 9.83. The Kier molecular flexibility index (Phi) is 10.0. The standard InChI is InChI=1S/C35H44FN3O5/c1-5-7-26(8-6-2)39(27-10-11-29(36)22(3)17-27)33(40)21-38-20-28(24-9-13-31-25(18-24)15-16-43-31)34(35(41)42)30(38)12-14-32-37-19-23(4)44-32/h9-11,13,17-19,26,28,30,34H,5-8,12,14-16,20-21H2,1-4H3,(H,41,42). The fourth-order valence-electron chi connectivity index (χ4n) is 7.07. The topological polar surface area (TPSA) is 96.1 Å². The Morgan fingerprint density at radius 3 is 2.57 bits per heavy atom. The highest BCUT2D eigenvalue weighted by molar-refractivity contribution is 5.95. The van der Waals surface area contributed by atoms with E-state index in [0.29, 0.717) is 48.9 Å². The van der Waals surface area contributed by atoms with Gasteiger partial charge in [0.15, 0.2) is 5.89 Å². The maximum Gasteiger partial charge on any atom is 0.308 e. The third-order valence-corrected chi connectivity index (χ3v) is 9.13. The Morgan fingerprint density at radius 2 is 1.91 bits per heavy atom. The number of amides is 1. The monoisotopic (exact) mass is 605 g/mol. The maximum absolute atomic E-state index is 14.4. The van der Waals surface area contributed by atoms with Gasteiger partial charge in [-0.05, 0) is 74.1 Å². The number of benzene rings is 2. The molecule has 236 valence electrons. The van der Waals surface area contributed by atoms with Crippen molar-refractivity contribution in [1.29, 1.82) is 0 Å². The number of hydrogen-bond acceptors (Lipinski definition) is 6. The zero-order valence-electron chi connectivity index (χ0n) is 26.2. The number of rotatable bonds is 13. The lowest BCUT2D eigenvalue weighted by Gasteiger charge is -2.35. The van der Waals surface area contributed by atoms with Gasteiger partial charge < -0.3 is 19.2 Å². The van der Waals surface area contributed by atoms with Gasteiger partial charge in [0, 0.05) is 43.1 Å². The molecule has 0 saturated carbocycles. The van der Waals surface area contributed by atoms with Crippen molar-refractivity contribution in [1.82, 2.24) is 9.88 Å². The average Bonchev–Trinajstić information content (AvgIpc) is 3.72. The second-order valence-electron chi connectivity index (χ2n) is 12.3. The minimum Gasteiger partial charge on any atom is -0.493 e. The molecule has 1 saturated heterocycles. The number of aliphatic carboxylic acids is 1. The zero-order valence-corrected chi connectivity index (χ0v) is 26.2. The van der Waals surface area contributed by atoms with E-state index in [1.807, 2.05) is 28.9 Å². The molecule has 3 atom stereocenters. The van der Waals surface area contributed by atoms with Crippen molar-refractivity contribution in [2.24, 2.45) is 5.92 Å². The molecule has 5 rings (SSSR count). The molecule has 2 aliphatic rings. The number of aryl methyl sites for hydroxylation is 3. The Labute approximate surface area is 259 Å². The molecule has 3 unspecified atom stereocenters. The van der Waals surface area contributed by atoms with Gasteiger partial charge >= 0.3 is 5.97 Å². The third kappa shape index (κ3) is 6.83. The molecule has 3 heterocycles. The van der Waals surface area contributed by atoms with Crippen LogP contribution in [0.1, 0.15) is 80.2 Å². The van der Waals surface area contributed by atoms with E-state index in [4.69, 9.17) is 9.15 Å².